The van der Waals surface area contributed by atoms with Crippen LogP contribution in [-0.2, 0) is 0 Å². The van der Waals surface area contributed by atoms with Crippen molar-refractivity contribution in [2.75, 3.05) is 25.4 Å². The normalized spacial score (nSPS) is 10.8. The van der Waals surface area contributed by atoms with E-state index in [0.29, 0.717) is 48.0 Å². The van der Waals surface area contributed by atoms with Crippen LogP contribution in [-0.4, -0.2) is 50.4 Å². The number of nitrogen functional groups attached to an aromatic ring is 1. The number of rotatable bonds is 6. The maximum atomic E-state index is 12.6. The van der Waals surface area contributed by atoms with E-state index in [2.05, 4.69) is 19.9 Å². The maximum Gasteiger partial charge on any atom is 0.253 e. The minimum Gasteiger partial charge on any atom is -0.476 e. The fraction of sp³-hybridized carbons (Fsp3) is 0.316. The molecule has 0 saturated heterocycles. The van der Waals surface area contributed by atoms with Gasteiger partial charge in [0.05, 0.1) is 18.5 Å². The van der Waals surface area contributed by atoms with Gasteiger partial charge in [-0.2, -0.15) is 9.97 Å². The van der Waals surface area contributed by atoms with E-state index < -0.39 is 0 Å². The molecule has 2 N–H and O–H groups in total. The Kier molecular flexibility index (Phi) is 5.44. The molecule has 3 aromatic rings. The van der Waals surface area contributed by atoms with Crippen LogP contribution in [0.1, 0.15) is 31.1 Å². The van der Waals surface area contributed by atoms with Crippen molar-refractivity contribution in [1.29, 1.82) is 0 Å². The van der Waals surface area contributed by atoms with Crippen LogP contribution >= 0.6 is 0 Å². The minimum absolute atomic E-state index is 0.0123. The zero-order chi connectivity index (χ0) is 19.4. The van der Waals surface area contributed by atoms with Crippen LogP contribution in [0, 0.1) is 0 Å². The third-order valence-corrected chi connectivity index (χ3v) is 4.13. The van der Waals surface area contributed by atoms with E-state index in [9.17, 15) is 4.79 Å². The first-order valence-corrected chi connectivity index (χ1v) is 8.90. The summed E-state index contributed by atoms with van der Waals surface area (Å²) in [6, 6.07) is 7.33. The van der Waals surface area contributed by atoms with Gasteiger partial charge in [0.1, 0.15) is 0 Å². The molecule has 2 heterocycles. The summed E-state index contributed by atoms with van der Waals surface area (Å²) in [4.78, 5) is 31.5. The standard InChI is InChI=1S/C19H22N6O2/c1-4-25(5-2)18(26)13-9-7-8-12(10-13)14-11-21-16-15(22-14)17(27-6-3)24-19(20)23-16/h7-11H,4-6H2,1-3H3,(H2,20,21,23,24). The zero-order valence-electron chi connectivity index (χ0n) is 15.6. The molecule has 0 aliphatic heterocycles. The van der Waals surface area contributed by atoms with Crippen LogP contribution in [0.3, 0.4) is 0 Å². The molecule has 0 fully saturated rings. The molecule has 0 atom stereocenters. The number of ether oxygens (including phenoxy) is 1. The van der Waals surface area contributed by atoms with Crippen molar-refractivity contribution in [2.24, 2.45) is 0 Å². The van der Waals surface area contributed by atoms with E-state index in [1.54, 1.807) is 17.2 Å². The molecule has 27 heavy (non-hydrogen) atoms. The predicted molar refractivity (Wildman–Crippen MR) is 103 cm³/mol. The van der Waals surface area contributed by atoms with Crippen LogP contribution < -0.4 is 10.5 Å². The van der Waals surface area contributed by atoms with Crippen LogP contribution in [0.15, 0.2) is 30.5 Å². The Balaban J connectivity index is 2.05. The summed E-state index contributed by atoms with van der Waals surface area (Å²) in [6.07, 6.45) is 1.60. The summed E-state index contributed by atoms with van der Waals surface area (Å²) >= 11 is 0. The fourth-order valence-corrected chi connectivity index (χ4v) is 2.78. The lowest BCUT2D eigenvalue weighted by atomic mass is 10.1. The lowest BCUT2D eigenvalue weighted by Crippen LogP contribution is -2.30. The molecule has 0 unspecified atom stereocenters. The van der Waals surface area contributed by atoms with Gasteiger partial charge in [0.25, 0.3) is 5.91 Å². The summed E-state index contributed by atoms with van der Waals surface area (Å²) in [6.45, 7) is 7.51. The molecule has 2 aromatic heterocycles. The SMILES string of the molecule is CCOc1nc(N)nc2ncc(-c3cccc(C(=O)N(CC)CC)c3)nc12. The molecule has 0 aliphatic rings. The largest absolute Gasteiger partial charge is 0.476 e. The molecular weight excluding hydrogens is 344 g/mol. The lowest BCUT2D eigenvalue weighted by Gasteiger charge is -2.18. The molecule has 3 rings (SSSR count). The van der Waals surface area contributed by atoms with Crippen LogP contribution in [0.2, 0.25) is 0 Å². The number of anilines is 1. The van der Waals surface area contributed by atoms with Gasteiger partial charge in [0.2, 0.25) is 11.8 Å². The average molecular weight is 366 g/mol. The summed E-state index contributed by atoms with van der Waals surface area (Å²) < 4.78 is 5.52. The van der Waals surface area contributed by atoms with Gasteiger partial charge in [-0.25, -0.2) is 9.97 Å². The first-order valence-electron chi connectivity index (χ1n) is 8.90. The third-order valence-electron chi connectivity index (χ3n) is 4.13. The molecule has 8 heteroatoms. The summed E-state index contributed by atoms with van der Waals surface area (Å²) in [7, 11) is 0. The first kappa shape index (κ1) is 18.5. The highest BCUT2D eigenvalue weighted by molar-refractivity contribution is 5.95. The summed E-state index contributed by atoms with van der Waals surface area (Å²) in [5, 5.41) is 0. The highest BCUT2D eigenvalue weighted by Gasteiger charge is 2.15. The molecule has 0 bridgehead atoms. The Bertz CT molecular complexity index is 972. The highest BCUT2D eigenvalue weighted by atomic mass is 16.5. The number of nitrogens with two attached hydrogens (primary N) is 1. The maximum absolute atomic E-state index is 12.6. The van der Waals surface area contributed by atoms with Gasteiger partial charge < -0.3 is 15.4 Å². The van der Waals surface area contributed by atoms with Crippen molar-refractivity contribution in [2.45, 2.75) is 20.8 Å². The van der Waals surface area contributed by atoms with E-state index in [0.717, 1.165) is 5.56 Å². The third kappa shape index (κ3) is 3.79. The van der Waals surface area contributed by atoms with Crippen molar-refractivity contribution >= 4 is 23.0 Å². The molecule has 0 aliphatic carbocycles. The number of hydrogen-bond donors (Lipinski definition) is 1. The second-order valence-electron chi connectivity index (χ2n) is 5.81. The monoisotopic (exact) mass is 366 g/mol. The second-order valence-corrected chi connectivity index (χ2v) is 5.81. The van der Waals surface area contributed by atoms with Crippen LogP contribution in [0.25, 0.3) is 22.4 Å². The van der Waals surface area contributed by atoms with E-state index in [4.69, 9.17) is 10.5 Å². The Morgan fingerprint density at radius 1 is 1.15 bits per heavy atom. The van der Waals surface area contributed by atoms with Gasteiger partial charge in [-0.3, -0.25) is 4.79 Å². The molecule has 0 saturated carbocycles. The van der Waals surface area contributed by atoms with Gasteiger partial charge in [0, 0.05) is 24.2 Å². The second kappa shape index (κ2) is 7.94. The van der Waals surface area contributed by atoms with Crippen molar-refractivity contribution in [3.63, 3.8) is 0 Å². The molecular formula is C19H22N6O2. The molecule has 0 spiro atoms. The van der Waals surface area contributed by atoms with Crippen molar-refractivity contribution in [3.05, 3.63) is 36.0 Å². The molecule has 1 amide bonds. The molecule has 1 aromatic carbocycles. The van der Waals surface area contributed by atoms with Gasteiger partial charge in [-0.05, 0) is 32.9 Å². The lowest BCUT2D eigenvalue weighted by molar-refractivity contribution is 0.0773. The van der Waals surface area contributed by atoms with Gasteiger partial charge >= 0.3 is 0 Å². The zero-order valence-corrected chi connectivity index (χ0v) is 15.6. The number of benzene rings is 1. The van der Waals surface area contributed by atoms with Crippen LogP contribution in [0.4, 0.5) is 5.95 Å². The predicted octanol–water partition coefficient (Wildman–Crippen LogP) is 2.55. The highest BCUT2D eigenvalue weighted by Crippen LogP contribution is 2.25. The van der Waals surface area contributed by atoms with E-state index in [-0.39, 0.29) is 11.9 Å². The van der Waals surface area contributed by atoms with Gasteiger partial charge in [0.15, 0.2) is 11.2 Å². The van der Waals surface area contributed by atoms with E-state index >= 15 is 0 Å². The van der Waals surface area contributed by atoms with Gasteiger partial charge in [-0.1, -0.05) is 12.1 Å². The summed E-state index contributed by atoms with van der Waals surface area (Å²) in [5.74, 6) is 0.367. The van der Waals surface area contributed by atoms with Gasteiger partial charge in [-0.15, -0.1) is 0 Å². The number of aromatic nitrogens is 4. The average Bonchev–Trinajstić information content (AvgIpc) is 2.69. The van der Waals surface area contributed by atoms with E-state index in [1.165, 1.54) is 0 Å². The molecule has 0 radical (unpaired) electrons. The molecule has 8 nitrogen and oxygen atoms in total. The Labute approximate surface area is 157 Å². The minimum atomic E-state index is -0.0123. The number of carbonyl (C=O) groups is 1. The topological polar surface area (TPSA) is 107 Å². The number of amides is 1. The van der Waals surface area contributed by atoms with Crippen molar-refractivity contribution < 1.29 is 9.53 Å². The Morgan fingerprint density at radius 2 is 1.93 bits per heavy atom. The number of nitrogens with zero attached hydrogens (tertiary/aromatic N) is 5. The summed E-state index contributed by atoms with van der Waals surface area (Å²) in [5.41, 5.74) is 8.49. The quantitative estimate of drug-likeness (QED) is 0.714. The fourth-order valence-electron chi connectivity index (χ4n) is 2.78. The number of fused-ring (bicyclic) bond motifs is 1. The number of hydrogen-bond acceptors (Lipinski definition) is 7. The smallest absolute Gasteiger partial charge is 0.253 e. The first-order chi connectivity index (χ1) is 13.1. The van der Waals surface area contributed by atoms with Crippen molar-refractivity contribution in [1.82, 2.24) is 24.8 Å². The Hall–Kier alpha value is -3.29. The van der Waals surface area contributed by atoms with Crippen molar-refractivity contribution in [3.8, 4) is 17.1 Å². The molecule has 140 valence electrons. The Morgan fingerprint density at radius 3 is 2.63 bits per heavy atom. The number of carbonyl (C=O) groups excluding carboxylic acids is 1. The van der Waals surface area contributed by atoms with Crippen LogP contribution in [0.5, 0.6) is 5.88 Å². The van der Waals surface area contributed by atoms with E-state index in [1.807, 2.05) is 39.0 Å².